The Morgan fingerprint density at radius 2 is 1.78 bits per heavy atom. The highest BCUT2D eigenvalue weighted by Gasteiger charge is 2.11. The van der Waals surface area contributed by atoms with E-state index in [-0.39, 0.29) is 5.75 Å². The summed E-state index contributed by atoms with van der Waals surface area (Å²) >= 11 is 9.77. The largest absolute Gasteiger partial charge is 0.508 e. The van der Waals surface area contributed by atoms with Gasteiger partial charge >= 0.3 is 0 Å². The van der Waals surface area contributed by atoms with Gasteiger partial charge in [-0.3, -0.25) is 0 Å². The molecule has 0 unspecified atom stereocenters. The summed E-state index contributed by atoms with van der Waals surface area (Å²) in [5.41, 5.74) is 3.03. The molecular formula is C14H9BrClNO. The smallest absolute Gasteiger partial charge is 0.115 e. The lowest BCUT2D eigenvalue weighted by Crippen LogP contribution is -1.77. The van der Waals surface area contributed by atoms with Crippen LogP contribution in [0.15, 0.2) is 47.1 Å². The highest BCUT2D eigenvalue weighted by molar-refractivity contribution is 9.10. The Hall–Kier alpha value is -1.45. The fourth-order valence-electron chi connectivity index (χ4n) is 2.02. The van der Waals surface area contributed by atoms with Gasteiger partial charge in [-0.25, -0.2) is 0 Å². The fourth-order valence-corrected chi connectivity index (χ4v) is 2.62. The van der Waals surface area contributed by atoms with Gasteiger partial charge in [0.1, 0.15) is 5.75 Å². The molecule has 4 heteroatoms. The number of aromatic amines is 1. The van der Waals surface area contributed by atoms with E-state index in [0.717, 1.165) is 26.5 Å². The lowest BCUT2D eigenvalue weighted by atomic mass is 10.0. The average Bonchev–Trinajstić information content (AvgIpc) is 2.79. The molecule has 2 nitrogen and oxygen atoms in total. The van der Waals surface area contributed by atoms with Crippen molar-refractivity contribution in [3.05, 3.63) is 52.1 Å². The average molecular weight is 323 g/mol. The molecule has 90 valence electrons. The van der Waals surface area contributed by atoms with Crippen molar-refractivity contribution in [1.82, 2.24) is 4.98 Å². The van der Waals surface area contributed by atoms with Crippen LogP contribution in [0.5, 0.6) is 5.75 Å². The van der Waals surface area contributed by atoms with Crippen molar-refractivity contribution in [2.24, 2.45) is 0 Å². The molecule has 0 aliphatic heterocycles. The van der Waals surface area contributed by atoms with E-state index in [2.05, 4.69) is 20.9 Å². The van der Waals surface area contributed by atoms with Crippen molar-refractivity contribution in [3.8, 4) is 16.9 Å². The maximum Gasteiger partial charge on any atom is 0.115 e. The quantitative estimate of drug-likeness (QED) is 0.653. The molecule has 3 rings (SSSR count). The van der Waals surface area contributed by atoms with E-state index in [4.69, 9.17) is 11.6 Å². The van der Waals surface area contributed by atoms with Crippen LogP contribution in [0, 0.1) is 0 Å². The van der Waals surface area contributed by atoms with Crippen molar-refractivity contribution >= 4 is 38.4 Å². The molecule has 3 aromatic rings. The van der Waals surface area contributed by atoms with Crippen LogP contribution < -0.4 is 0 Å². The van der Waals surface area contributed by atoms with Crippen LogP contribution in [0.3, 0.4) is 0 Å². The third-order valence-corrected chi connectivity index (χ3v) is 4.20. The fraction of sp³-hybridized carbons (Fsp3) is 0. The lowest BCUT2D eigenvalue weighted by molar-refractivity contribution is 0.475. The van der Waals surface area contributed by atoms with Gasteiger partial charge in [-0.2, -0.15) is 0 Å². The van der Waals surface area contributed by atoms with Gasteiger partial charge in [0.15, 0.2) is 0 Å². The first-order valence-electron chi connectivity index (χ1n) is 5.41. The number of phenolic OH excluding ortho intramolecular Hbond substituents is 1. The zero-order valence-electron chi connectivity index (χ0n) is 9.24. The Bertz CT molecular complexity index is 718. The number of benzene rings is 2. The third-order valence-electron chi connectivity index (χ3n) is 2.91. The molecule has 1 aromatic heterocycles. The summed E-state index contributed by atoms with van der Waals surface area (Å²) in [6, 6.07) is 11.0. The molecule has 2 N–H and O–H groups in total. The normalized spacial score (nSPS) is 11.0. The minimum atomic E-state index is 0.255. The zero-order valence-corrected chi connectivity index (χ0v) is 11.6. The number of phenols is 1. The number of nitrogens with one attached hydrogen (secondary N) is 1. The molecule has 0 atom stereocenters. The Kier molecular flexibility index (Phi) is 2.80. The minimum absolute atomic E-state index is 0.255. The van der Waals surface area contributed by atoms with Gasteiger partial charge in [0.2, 0.25) is 0 Å². The molecule has 0 aliphatic rings. The molecule has 0 saturated heterocycles. The molecule has 0 aliphatic carbocycles. The minimum Gasteiger partial charge on any atom is -0.508 e. The van der Waals surface area contributed by atoms with E-state index in [1.54, 1.807) is 12.1 Å². The second kappa shape index (κ2) is 4.34. The van der Waals surface area contributed by atoms with Gasteiger partial charge in [0, 0.05) is 27.1 Å². The summed E-state index contributed by atoms with van der Waals surface area (Å²) in [6.07, 6.45) is 1.93. The van der Waals surface area contributed by atoms with Crippen molar-refractivity contribution in [3.63, 3.8) is 0 Å². The van der Waals surface area contributed by atoms with E-state index in [0.29, 0.717) is 5.02 Å². The monoisotopic (exact) mass is 321 g/mol. The molecule has 0 bridgehead atoms. The predicted octanol–water partition coefficient (Wildman–Crippen LogP) is 4.96. The Balaban J connectivity index is 2.29. The molecule has 0 radical (unpaired) electrons. The summed E-state index contributed by atoms with van der Waals surface area (Å²) in [5.74, 6) is 0.255. The molecule has 0 saturated carbocycles. The van der Waals surface area contributed by atoms with Gasteiger partial charge in [-0.05, 0) is 45.8 Å². The second-order valence-corrected chi connectivity index (χ2v) is 5.27. The Morgan fingerprint density at radius 3 is 2.50 bits per heavy atom. The number of rotatable bonds is 1. The van der Waals surface area contributed by atoms with Crippen LogP contribution in [0.4, 0.5) is 0 Å². The maximum atomic E-state index is 9.32. The van der Waals surface area contributed by atoms with Crippen LogP contribution in [0.2, 0.25) is 5.02 Å². The number of H-pyrrole nitrogens is 1. The molecule has 0 fully saturated rings. The summed E-state index contributed by atoms with van der Waals surface area (Å²) in [6.45, 7) is 0. The van der Waals surface area contributed by atoms with Crippen molar-refractivity contribution in [2.45, 2.75) is 0 Å². The second-order valence-electron chi connectivity index (χ2n) is 4.03. The van der Waals surface area contributed by atoms with Crippen molar-refractivity contribution in [2.75, 3.05) is 0 Å². The van der Waals surface area contributed by atoms with Crippen molar-refractivity contribution < 1.29 is 5.11 Å². The number of aromatic hydroxyl groups is 1. The van der Waals surface area contributed by atoms with E-state index in [1.165, 1.54) is 0 Å². The first kappa shape index (κ1) is 11.6. The molecule has 2 aromatic carbocycles. The van der Waals surface area contributed by atoms with Gasteiger partial charge in [0.05, 0.1) is 5.02 Å². The number of hydrogen-bond donors (Lipinski definition) is 2. The van der Waals surface area contributed by atoms with E-state index >= 15 is 0 Å². The van der Waals surface area contributed by atoms with Crippen molar-refractivity contribution in [1.29, 1.82) is 0 Å². The molecule has 18 heavy (non-hydrogen) atoms. The SMILES string of the molecule is Oc1ccc(-c2c[nH]c3ccc(Br)c(Cl)c23)cc1. The Labute approximate surface area is 117 Å². The van der Waals surface area contributed by atoms with Crippen LogP contribution in [0.25, 0.3) is 22.0 Å². The van der Waals surface area contributed by atoms with Gasteiger partial charge < -0.3 is 10.1 Å². The highest BCUT2D eigenvalue weighted by Crippen LogP contribution is 2.37. The van der Waals surface area contributed by atoms with Gasteiger partial charge in [0.25, 0.3) is 0 Å². The molecule has 0 spiro atoms. The maximum absolute atomic E-state index is 9.32. The van der Waals surface area contributed by atoms with Crippen LogP contribution >= 0.6 is 27.5 Å². The number of fused-ring (bicyclic) bond motifs is 1. The van der Waals surface area contributed by atoms with E-state index < -0.39 is 0 Å². The number of aromatic nitrogens is 1. The zero-order chi connectivity index (χ0) is 12.7. The summed E-state index contributed by atoms with van der Waals surface area (Å²) in [5, 5.41) is 11.0. The number of hydrogen-bond acceptors (Lipinski definition) is 1. The lowest BCUT2D eigenvalue weighted by Gasteiger charge is -2.03. The van der Waals surface area contributed by atoms with Gasteiger partial charge in [-0.1, -0.05) is 23.7 Å². The first-order valence-corrected chi connectivity index (χ1v) is 6.58. The standard InChI is InChI=1S/C14H9BrClNO/c15-11-5-6-12-13(14(11)16)10(7-17-12)8-1-3-9(18)4-2-8/h1-7,17-18H. The summed E-state index contributed by atoms with van der Waals surface area (Å²) in [7, 11) is 0. The van der Waals surface area contributed by atoms with Crippen LogP contribution in [-0.4, -0.2) is 10.1 Å². The third kappa shape index (κ3) is 1.80. The van der Waals surface area contributed by atoms with E-state index in [1.807, 2.05) is 30.5 Å². The van der Waals surface area contributed by atoms with Crippen LogP contribution in [-0.2, 0) is 0 Å². The Morgan fingerprint density at radius 1 is 1.06 bits per heavy atom. The summed E-state index contributed by atoms with van der Waals surface area (Å²) in [4.78, 5) is 3.20. The summed E-state index contributed by atoms with van der Waals surface area (Å²) < 4.78 is 0.872. The molecular weight excluding hydrogens is 314 g/mol. The highest BCUT2D eigenvalue weighted by atomic mass is 79.9. The predicted molar refractivity (Wildman–Crippen MR) is 78.1 cm³/mol. The molecule has 0 amide bonds. The van der Waals surface area contributed by atoms with E-state index in [9.17, 15) is 5.11 Å². The molecule has 1 heterocycles. The van der Waals surface area contributed by atoms with Crippen LogP contribution in [0.1, 0.15) is 0 Å². The first-order chi connectivity index (χ1) is 8.66. The van der Waals surface area contributed by atoms with Gasteiger partial charge in [-0.15, -0.1) is 0 Å². The topological polar surface area (TPSA) is 36.0 Å². The number of halogens is 2.